The summed E-state index contributed by atoms with van der Waals surface area (Å²) in [5.41, 5.74) is 2.71. The zero-order valence-corrected chi connectivity index (χ0v) is 8.99. The molecule has 0 amide bonds. The zero-order valence-electron chi connectivity index (χ0n) is 7.36. The molecule has 1 aromatic rings. The summed E-state index contributed by atoms with van der Waals surface area (Å²) in [6.07, 6.45) is 1.23. The van der Waals surface area contributed by atoms with Crippen molar-refractivity contribution in [1.82, 2.24) is 10.3 Å². The summed E-state index contributed by atoms with van der Waals surface area (Å²) in [7, 11) is -2.85. The monoisotopic (exact) mass is 220 g/mol. The number of thiazole rings is 1. The summed E-state index contributed by atoms with van der Waals surface area (Å²) in [6.45, 7) is 1.12. The first-order valence-corrected chi connectivity index (χ1v) is 6.84. The molecule has 0 bridgehead atoms. The third-order valence-electron chi connectivity index (χ3n) is 1.44. The zero-order chi connectivity index (χ0) is 9.73. The highest BCUT2D eigenvalue weighted by molar-refractivity contribution is 7.90. The summed E-state index contributed by atoms with van der Waals surface area (Å²) in [5.74, 6) is 0.178. The van der Waals surface area contributed by atoms with Crippen molar-refractivity contribution >= 4 is 21.2 Å². The molecule has 74 valence electrons. The number of nitrogens with zero attached hydrogens (tertiary/aromatic N) is 1. The second-order valence-corrected chi connectivity index (χ2v) is 5.76. The molecule has 0 aliphatic carbocycles. The third-order valence-corrected chi connectivity index (χ3v) is 3.02. The van der Waals surface area contributed by atoms with Crippen LogP contribution in [0.2, 0.25) is 0 Å². The van der Waals surface area contributed by atoms with Gasteiger partial charge in [-0.2, -0.15) is 0 Å². The second-order valence-electron chi connectivity index (χ2n) is 2.79. The number of nitrogens with one attached hydrogen (secondary N) is 1. The molecule has 6 heteroatoms. The summed E-state index contributed by atoms with van der Waals surface area (Å²) in [5, 5.41) is 4.95. The van der Waals surface area contributed by atoms with Crippen LogP contribution in [0.25, 0.3) is 0 Å². The molecule has 0 saturated carbocycles. The number of aromatic nitrogens is 1. The lowest BCUT2D eigenvalue weighted by Gasteiger charge is -2.00. The molecule has 0 radical (unpaired) electrons. The van der Waals surface area contributed by atoms with E-state index in [1.165, 1.54) is 17.6 Å². The smallest absolute Gasteiger partial charge is 0.148 e. The highest BCUT2D eigenvalue weighted by Gasteiger charge is 2.00. The van der Waals surface area contributed by atoms with E-state index in [9.17, 15) is 8.42 Å². The van der Waals surface area contributed by atoms with Crippen LogP contribution in [0.3, 0.4) is 0 Å². The molecule has 1 rings (SSSR count). The standard InChI is InChI=1S/C7H12N2O2S2/c1-13(10,11)3-2-8-4-7-5-12-6-9-7/h5-6,8H,2-4H2,1H3. The van der Waals surface area contributed by atoms with Gasteiger partial charge in [-0.1, -0.05) is 0 Å². The molecule has 1 aromatic heterocycles. The molecule has 4 nitrogen and oxygen atoms in total. The molecular weight excluding hydrogens is 208 g/mol. The van der Waals surface area contributed by atoms with Crippen LogP contribution in [0.1, 0.15) is 5.69 Å². The fourth-order valence-electron chi connectivity index (χ4n) is 0.799. The SMILES string of the molecule is CS(=O)(=O)CCNCc1cscn1. The van der Waals surface area contributed by atoms with Crippen LogP contribution < -0.4 is 5.32 Å². The van der Waals surface area contributed by atoms with Gasteiger partial charge in [0.25, 0.3) is 0 Å². The Balaban J connectivity index is 2.16. The molecule has 0 atom stereocenters. The molecular formula is C7H12N2O2S2. The lowest BCUT2D eigenvalue weighted by molar-refractivity contribution is 0.596. The predicted octanol–water partition coefficient (Wildman–Crippen LogP) is 0.277. The van der Waals surface area contributed by atoms with Crippen molar-refractivity contribution in [3.8, 4) is 0 Å². The van der Waals surface area contributed by atoms with E-state index in [-0.39, 0.29) is 5.75 Å². The maximum absolute atomic E-state index is 10.7. The van der Waals surface area contributed by atoms with Crippen molar-refractivity contribution in [3.63, 3.8) is 0 Å². The second kappa shape index (κ2) is 4.69. The maximum atomic E-state index is 10.7. The first kappa shape index (κ1) is 10.6. The van der Waals surface area contributed by atoms with Gasteiger partial charge in [-0.3, -0.25) is 0 Å². The Morgan fingerprint density at radius 1 is 1.62 bits per heavy atom. The Bertz CT molecular complexity index is 331. The first-order chi connectivity index (χ1) is 6.08. The van der Waals surface area contributed by atoms with E-state index in [0.717, 1.165) is 5.69 Å². The Morgan fingerprint density at radius 2 is 2.38 bits per heavy atom. The van der Waals surface area contributed by atoms with Crippen LogP contribution in [0, 0.1) is 0 Å². The fraction of sp³-hybridized carbons (Fsp3) is 0.571. The van der Waals surface area contributed by atoms with E-state index < -0.39 is 9.84 Å². The largest absolute Gasteiger partial charge is 0.310 e. The van der Waals surface area contributed by atoms with Crippen LogP contribution >= 0.6 is 11.3 Å². The highest BCUT2D eigenvalue weighted by atomic mass is 32.2. The Morgan fingerprint density at radius 3 is 2.92 bits per heavy atom. The summed E-state index contributed by atoms with van der Waals surface area (Å²) >= 11 is 1.53. The van der Waals surface area contributed by atoms with Crippen molar-refractivity contribution in [2.75, 3.05) is 18.6 Å². The van der Waals surface area contributed by atoms with E-state index in [1.54, 1.807) is 5.51 Å². The lowest BCUT2D eigenvalue weighted by Crippen LogP contribution is -2.21. The van der Waals surface area contributed by atoms with E-state index in [0.29, 0.717) is 13.1 Å². The van der Waals surface area contributed by atoms with Crippen LogP contribution in [0.4, 0.5) is 0 Å². The maximum Gasteiger partial charge on any atom is 0.148 e. The van der Waals surface area contributed by atoms with Gasteiger partial charge in [0.1, 0.15) is 9.84 Å². The minimum atomic E-state index is -2.85. The minimum absolute atomic E-state index is 0.178. The summed E-state index contributed by atoms with van der Waals surface area (Å²) < 4.78 is 21.5. The summed E-state index contributed by atoms with van der Waals surface area (Å²) in [6, 6.07) is 0. The van der Waals surface area contributed by atoms with E-state index >= 15 is 0 Å². The molecule has 0 aliphatic rings. The van der Waals surface area contributed by atoms with Crippen LogP contribution in [0.15, 0.2) is 10.9 Å². The van der Waals surface area contributed by atoms with Crippen LogP contribution in [-0.2, 0) is 16.4 Å². The lowest BCUT2D eigenvalue weighted by atomic mass is 10.5. The first-order valence-electron chi connectivity index (χ1n) is 3.83. The van der Waals surface area contributed by atoms with E-state index in [2.05, 4.69) is 10.3 Å². The molecule has 1 N–H and O–H groups in total. The van der Waals surface area contributed by atoms with Gasteiger partial charge in [0.15, 0.2) is 0 Å². The van der Waals surface area contributed by atoms with Crippen molar-refractivity contribution in [1.29, 1.82) is 0 Å². The van der Waals surface area contributed by atoms with Crippen molar-refractivity contribution < 1.29 is 8.42 Å². The molecule has 1 heterocycles. The van der Waals surface area contributed by atoms with Gasteiger partial charge in [0.2, 0.25) is 0 Å². The van der Waals surface area contributed by atoms with Gasteiger partial charge in [0, 0.05) is 24.7 Å². The van der Waals surface area contributed by atoms with Gasteiger partial charge >= 0.3 is 0 Å². The average molecular weight is 220 g/mol. The van der Waals surface area contributed by atoms with E-state index in [1.807, 2.05) is 5.38 Å². The minimum Gasteiger partial charge on any atom is -0.310 e. The topological polar surface area (TPSA) is 59.1 Å². The Kier molecular flexibility index (Phi) is 3.83. The molecule has 0 aliphatic heterocycles. The predicted molar refractivity (Wildman–Crippen MR) is 53.5 cm³/mol. The normalized spacial score (nSPS) is 11.8. The Labute approximate surface area is 81.9 Å². The third kappa shape index (κ3) is 4.97. The van der Waals surface area contributed by atoms with Crippen LogP contribution in [-0.4, -0.2) is 32.0 Å². The number of rotatable bonds is 5. The average Bonchev–Trinajstić information content (AvgIpc) is 2.48. The summed E-state index contributed by atoms with van der Waals surface area (Å²) in [4.78, 5) is 4.06. The molecule has 0 unspecified atom stereocenters. The number of hydrogen-bond donors (Lipinski definition) is 1. The Hall–Kier alpha value is -0.460. The number of hydrogen-bond acceptors (Lipinski definition) is 5. The van der Waals surface area contributed by atoms with Crippen LogP contribution in [0.5, 0.6) is 0 Å². The van der Waals surface area contributed by atoms with Gasteiger partial charge in [-0.05, 0) is 0 Å². The van der Waals surface area contributed by atoms with Crippen molar-refractivity contribution in [2.45, 2.75) is 6.54 Å². The molecule has 0 saturated heterocycles. The molecule has 0 spiro atoms. The molecule has 0 fully saturated rings. The van der Waals surface area contributed by atoms with Gasteiger partial charge in [-0.25, -0.2) is 13.4 Å². The molecule has 0 aromatic carbocycles. The van der Waals surface area contributed by atoms with Gasteiger partial charge in [0.05, 0.1) is 17.0 Å². The van der Waals surface area contributed by atoms with E-state index in [4.69, 9.17) is 0 Å². The highest BCUT2D eigenvalue weighted by Crippen LogP contribution is 1.99. The van der Waals surface area contributed by atoms with Gasteiger partial charge < -0.3 is 5.32 Å². The number of sulfone groups is 1. The van der Waals surface area contributed by atoms with Crippen molar-refractivity contribution in [2.24, 2.45) is 0 Å². The quantitative estimate of drug-likeness (QED) is 0.724. The van der Waals surface area contributed by atoms with Crippen molar-refractivity contribution in [3.05, 3.63) is 16.6 Å². The fourth-order valence-corrected chi connectivity index (χ4v) is 1.87. The molecule has 13 heavy (non-hydrogen) atoms. The van der Waals surface area contributed by atoms with Gasteiger partial charge in [-0.15, -0.1) is 11.3 Å².